The lowest BCUT2D eigenvalue weighted by molar-refractivity contribution is 1.05. The first-order chi connectivity index (χ1) is 8.29. The minimum absolute atomic E-state index is 1.11. The van der Waals surface area contributed by atoms with E-state index >= 15 is 0 Å². The summed E-state index contributed by atoms with van der Waals surface area (Å²) in [5.74, 6) is 0. The molecule has 0 bridgehead atoms. The van der Waals surface area contributed by atoms with E-state index in [9.17, 15) is 0 Å². The van der Waals surface area contributed by atoms with Crippen LogP contribution in [-0.2, 0) is 0 Å². The van der Waals surface area contributed by atoms with Crippen molar-refractivity contribution in [2.45, 2.75) is 41.5 Å². The normalized spacial score (nSPS) is 7.41. The van der Waals surface area contributed by atoms with Gasteiger partial charge in [0.15, 0.2) is 0 Å². The van der Waals surface area contributed by atoms with Crippen LogP contribution in [0.25, 0.3) is 0 Å². The standard InChI is InChI=1S/C7H8.C4H6N2.2C2H6/c1-7-5-3-2-4-6-7;1-4-2-3-5-6-4;2*1-2/h2-6H,1H3;2-3H,1H3,(H,5,6);2*1-2H3. The first-order valence-electron chi connectivity index (χ1n) is 6.26. The Morgan fingerprint density at radius 3 is 1.53 bits per heavy atom. The SMILES string of the molecule is CC.CC.Cc1ccccc1.Cc1ccn[nH]1. The number of aromatic nitrogens is 2. The Kier molecular flexibility index (Phi) is 15.1. The lowest BCUT2D eigenvalue weighted by Gasteiger charge is -1.82. The number of hydrogen-bond donors (Lipinski definition) is 1. The van der Waals surface area contributed by atoms with Crippen molar-refractivity contribution >= 4 is 0 Å². The maximum Gasteiger partial charge on any atom is 0.0489 e. The number of aryl methyl sites for hydroxylation is 2. The molecule has 0 radical (unpaired) electrons. The largest absolute Gasteiger partial charge is 0.283 e. The van der Waals surface area contributed by atoms with Gasteiger partial charge in [-0.05, 0) is 19.9 Å². The minimum atomic E-state index is 1.11. The molecule has 1 aromatic carbocycles. The number of H-pyrrole nitrogens is 1. The van der Waals surface area contributed by atoms with Crippen molar-refractivity contribution in [3.63, 3.8) is 0 Å². The highest BCUT2D eigenvalue weighted by molar-refractivity contribution is 5.11. The quantitative estimate of drug-likeness (QED) is 0.699. The number of nitrogens with one attached hydrogen (secondary N) is 1. The predicted molar refractivity (Wildman–Crippen MR) is 77.2 cm³/mol. The number of benzene rings is 1. The Morgan fingerprint density at radius 2 is 1.35 bits per heavy atom. The second-order valence-electron chi connectivity index (χ2n) is 2.89. The number of hydrogen-bond acceptors (Lipinski definition) is 1. The van der Waals surface area contributed by atoms with Gasteiger partial charge >= 0.3 is 0 Å². The van der Waals surface area contributed by atoms with E-state index in [1.165, 1.54) is 5.56 Å². The molecular weight excluding hydrogens is 208 g/mol. The molecule has 17 heavy (non-hydrogen) atoms. The van der Waals surface area contributed by atoms with Crippen LogP contribution >= 0.6 is 0 Å². The Morgan fingerprint density at radius 1 is 0.824 bits per heavy atom. The van der Waals surface area contributed by atoms with E-state index in [0.717, 1.165) is 5.69 Å². The lowest BCUT2D eigenvalue weighted by Crippen LogP contribution is -1.65. The molecule has 0 saturated carbocycles. The van der Waals surface area contributed by atoms with Crippen LogP contribution in [-0.4, -0.2) is 10.2 Å². The summed E-state index contributed by atoms with van der Waals surface area (Å²) in [7, 11) is 0. The molecule has 96 valence electrons. The Labute approximate surface area is 106 Å². The highest BCUT2D eigenvalue weighted by Crippen LogP contribution is 1.92. The molecule has 2 rings (SSSR count). The van der Waals surface area contributed by atoms with Gasteiger partial charge < -0.3 is 0 Å². The molecule has 1 N–H and O–H groups in total. The molecule has 2 aromatic rings. The van der Waals surface area contributed by atoms with Crippen molar-refractivity contribution in [1.29, 1.82) is 0 Å². The summed E-state index contributed by atoms with van der Waals surface area (Å²) in [6.07, 6.45) is 1.73. The summed E-state index contributed by atoms with van der Waals surface area (Å²) < 4.78 is 0. The predicted octanol–water partition coefficient (Wildman–Crippen LogP) is 4.77. The zero-order valence-corrected chi connectivity index (χ0v) is 12.0. The van der Waals surface area contributed by atoms with Crippen LogP contribution in [0.1, 0.15) is 39.0 Å². The fourth-order valence-corrected chi connectivity index (χ4v) is 0.860. The van der Waals surface area contributed by atoms with Gasteiger partial charge in [0.05, 0.1) is 0 Å². The monoisotopic (exact) mass is 234 g/mol. The van der Waals surface area contributed by atoms with Gasteiger partial charge in [0.25, 0.3) is 0 Å². The van der Waals surface area contributed by atoms with E-state index in [-0.39, 0.29) is 0 Å². The van der Waals surface area contributed by atoms with Crippen LogP contribution in [0.15, 0.2) is 42.6 Å². The summed E-state index contributed by atoms with van der Waals surface area (Å²) >= 11 is 0. The molecule has 0 aliphatic carbocycles. The molecule has 0 atom stereocenters. The van der Waals surface area contributed by atoms with Crippen LogP contribution < -0.4 is 0 Å². The van der Waals surface area contributed by atoms with Crippen molar-refractivity contribution in [3.05, 3.63) is 53.9 Å². The smallest absolute Gasteiger partial charge is 0.0489 e. The van der Waals surface area contributed by atoms with Gasteiger partial charge in [-0.25, -0.2) is 0 Å². The van der Waals surface area contributed by atoms with Crippen molar-refractivity contribution < 1.29 is 0 Å². The van der Waals surface area contributed by atoms with Crippen LogP contribution in [0.5, 0.6) is 0 Å². The Bertz CT molecular complexity index is 312. The van der Waals surface area contributed by atoms with E-state index in [1.54, 1.807) is 6.20 Å². The average Bonchev–Trinajstić information content (AvgIpc) is 2.87. The van der Waals surface area contributed by atoms with Crippen LogP contribution in [0.3, 0.4) is 0 Å². The van der Waals surface area contributed by atoms with Crippen molar-refractivity contribution in [3.8, 4) is 0 Å². The van der Waals surface area contributed by atoms with E-state index in [4.69, 9.17) is 0 Å². The molecule has 1 aromatic heterocycles. The molecule has 2 nitrogen and oxygen atoms in total. The average molecular weight is 234 g/mol. The fraction of sp³-hybridized carbons (Fsp3) is 0.400. The maximum absolute atomic E-state index is 3.70. The molecule has 0 spiro atoms. The zero-order chi connectivity index (χ0) is 13.5. The molecule has 1 heterocycles. The lowest BCUT2D eigenvalue weighted by atomic mass is 10.2. The second kappa shape index (κ2) is 14.4. The Balaban J connectivity index is 0. The fourth-order valence-electron chi connectivity index (χ4n) is 0.860. The van der Waals surface area contributed by atoms with Gasteiger partial charge in [-0.3, -0.25) is 5.10 Å². The third kappa shape index (κ3) is 12.4. The molecule has 0 amide bonds. The number of aromatic amines is 1. The molecule has 0 fully saturated rings. The van der Waals surface area contributed by atoms with Crippen molar-refractivity contribution in [2.75, 3.05) is 0 Å². The van der Waals surface area contributed by atoms with Crippen molar-refractivity contribution in [1.82, 2.24) is 10.2 Å². The second-order valence-corrected chi connectivity index (χ2v) is 2.89. The van der Waals surface area contributed by atoms with E-state index in [0.29, 0.717) is 0 Å². The molecule has 2 heteroatoms. The van der Waals surface area contributed by atoms with Gasteiger partial charge in [-0.15, -0.1) is 0 Å². The van der Waals surface area contributed by atoms with Crippen molar-refractivity contribution in [2.24, 2.45) is 0 Å². The highest BCUT2D eigenvalue weighted by Gasteiger charge is 1.73. The van der Waals surface area contributed by atoms with Gasteiger partial charge in [-0.1, -0.05) is 63.6 Å². The van der Waals surface area contributed by atoms with Gasteiger partial charge in [0.1, 0.15) is 0 Å². The highest BCUT2D eigenvalue weighted by atomic mass is 15.1. The summed E-state index contributed by atoms with van der Waals surface area (Å²) in [4.78, 5) is 0. The third-order valence-electron chi connectivity index (χ3n) is 1.58. The summed E-state index contributed by atoms with van der Waals surface area (Å²) in [5.41, 5.74) is 2.43. The van der Waals surface area contributed by atoms with Crippen LogP contribution in [0.2, 0.25) is 0 Å². The summed E-state index contributed by atoms with van der Waals surface area (Å²) in [5, 5.41) is 6.45. The molecule has 0 saturated heterocycles. The topological polar surface area (TPSA) is 28.7 Å². The summed E-state index contributed by atoms with van der Waals surface area (Å²) in [6, 6.07) is 12.2. The van der Waals surface area contributed by atoms with E-state index in [2.05, 4.69) is 29.3 Å². The summed E-state index contributed by atoms with van der Waals surface area (Å²) in [6.45, 7) is 12.0. The first kappa shape index (κ1) is 17.8. The van der Waals surface area contributed by atoms with Gasteiger partial charge in [0.2, 0.25) is 0 Å². The van der Waals surface area contributed by atoms with Crippen LogP contribution in [0.4, 0.5) is 0 Å². The van der Waals surface area contributed by atoms with E-state index in [1.807, 2.05) is 58.9 Å². The molecular formula is C15H26N2. The molecule has 0 unspecified atom stereocenters. The Hall–Kier alpha value is -1.57. The number of rotatable bonds is 0. The third-order valence-corrected chi connectivity index (χ3v) is 1.58. The molecule has 0 aliphatic rings. The van der Waals surface area contributed by atoms with Gasteiger partial charge in [-0.2, -0.15) is 5.10 Å². The van der Waals surface area contributed by atoms with E-state index < -0.39 is 0 Å². The zero-order valence-electron chi connectivity index (χ0n) is 12.0. The van der Waals surface area contributed by atoms with Gasteiger partial charge in [0, 0.05) is 11.9 Å². The molecule has 0 aliphatic heterocycles. The maximum atomic E-state index is 3.70. The van der Waals surface area contributed by atoms with Crippen LogP contribution in [0, 0.1) is 13.8 Å². The first-order valence-corrected chi connectivity index (χ1v) is 6.26. The minimum Gasteiger partial charge on any atom is -0.283 e. The number of nitrogens with zero attached hydrogens (tertiary/aromatic N) is 1.